The Labute approximate surface area is 143 Å². The average Bonchev–Trinajstić information content (AvgIpc) is 2.59. The van der Waals surface area contributed by atoms with E-state index >= 15 is 0 Å². The number of benzene rings is 2. The number of halogens is 2. The van der Waals surface area contributed by atoms with Crippen LogP contribution < -0.4 is 9.47 Å². The van der Waals surface area contributed by atoms with Gasteiger partial charge in [-0.15, -0.1) is 0 Å². The molecule has 0 aromatic heterocycles. The van der Waals surface area contributed by atoms with Gasteiger partial charge in [-0.2, -0.15) is 0 Å². The third kappa shape index (κ3) is 4.06. The SMILES string of the molecule is O=C(/C=C/c1ccc(F)cc1)OCc1cc(Cl)c2c(c1)OCCO2. The number of rotatable bonds is 4. The Kier molecular flexibility index (Phi) is 5.01. The van der Waals surface area contributed by atoms with Gasteiger partial charge in [-0.3, -0.25) is 0 Å². The summed E-state index contributed by atoms with van der Waals surface area (Å²) in [6, 6.07) is 9.19. The Morgan fingerprint density at radius 1 is 1.21 bits per heavy atom. The monoisotopic (exact) mass is 348 g/mol. The molecule has 1 aliphatic rings. The number of carbonyl (C=O) groups excluding carboxylic acids is 1. The summed E-state index contributed by atoms with van der Waals surface area (Å²) in [5.74, 6) is 0.214. The van der Waals surface area contributed by atoms with Crippen molar-refractivity contribution in [2.45, 2.75) is 6.61 Å². The maximum Gasteiger partial charge on any atom is 0.331 e. The predicted molar refractivity (Wildman–Crippen MR) is 87.7 cm³/mol. The second-order valence-electron chi connectivity index (χ2n) is 5.09. The first-order valence-electron chi connectivity index (χ1n) is 7.30. The number of fused-ring (bicyclic) bond motifs is 1. The second kappa shape index (κ2) is 7.36. The molecule has 0 aliphatic carbocycles. The van der Waals surface area contributed by atoms with Crippen molar-refractivity contribution in [3.8, 4) is 11.5 Å². The van der Waals surface area contributed by atoms with E-state index in [1.54, 1.807) is 30.3 Å². The molecule has 0 spiro atoms. The molecule has 0 radical (unpaired) electrons. The molecule has 0 amide bonds. The van der Waals surface area contributed by atoms with E-state index in [9.17, 15) is 9.18 Å². The van der Waals surface area contributed by atoms with Gasteiger partial charge in [-0.05, 0) is 41.5 Å². The fourth-order valence-electron chi connectivity index (χ4n) is 2.19. The second-order valence-corrected chi connectivity index (χ2v) is 5.50. The van der Waals surface area contributed by atoms with E-state index in [2.05, 4.69) is 0 Å². The van der Waals surface area contributed by atoms with Gasteiger partial charge in [0.2, 0.25) is 0 Å². The summed E-state index contributed by atoms with van der Waals surface area (Å²) in [5, 5.41) is 0.417. The van der Waals surface area contributed by atoms with Crippen LogP contribution in [-0.2, 0) is 16.1 Å². The van der Waals surface area contributed by atoms with Crippen molar-refractivity contribution in [2.24, 2.45) is 0 Å². The first kappa shape index (κ1) is 16.3. The summed E-state index contributed by atoms with van der Waals surface area (Å²) in [5.41, 5.74) is 1.41. The van der Waals surface area contributed by atoms with Crippen LogP contribution in [0, 0.1) is 5.82 Å². The van der Waals surface area contributed by atoms with Crippen LogP contribution in [0.4, 0.5) is 4.39 Å². The first-order valence-corrected chi connectivity index (χ1v) is 7.68. The summed E-state index contributed by atoms with van der Waals surface area (Å²) in [7, 11) is 0. The zero-order chi connectivity index (χ0) is 16.9. The van der Waals surface area contributed by atoms with Crippen molar-refractivity contribution in [1.82, 2.24) is 0 Å². The highest BCUT2D eigenvalue weighted by molar-refractivity contribution is 6.32. The van der Waals surface area contributed by atoms with Crippen molar-refractivity contribution in [1.29, 1.82) is 0 Å². The molecule has 0 unspecified atom stereocenters. The minimum absolute atomic E-state index is 0.0585. The summed E-state index contributed by atoms with van der Waals surface area (Å²) < 4.78 is 28.9. The Bertz CT molecular complexity index is 771. The summed E-state index contributed by atoms with van der Waals surface area (Å²) >= 11 is 6.13. The quantitative estimate of drug-likeness (QED) is 0.618. The number of ether oxygens (including phenoxy) is 3. The number of esters is 1. The van der Waals surface area contributed by atoms with Gasteiger partial charge in [0.15, 0.2) is 11.5 Å². The fourth-order valence-corrected chi connectivity index (χ4v) is 2.48. The highest BCUT2D eigenvalue weighted by Gasteiger charge is 2.17. The standard InChI is InChI=1S/C18H14ClFO4/c19-15-9-13(10-16-18(15)23-8-7-22-16)11-24-17(21)6-3-12-1-4-14(20)5-2-12/h1-6,9-10H,7-8,11H2/b6-3+. The lowest BCUT2D eigenvalue weighted by Gasteiger charge is -2.20. The molecule has 2 aromatic rings. The molecular formula is C18H14ClFO4. The molecule has 1 heterocycles. The van der Waals surface area contributed by atoms with Crippen LogP contribution in [0.15, 0.2) is 42.5 Å². The van der Waals surface area contributed by atoms with Crippen LogP contribution in [-0.4, -0.2) is 19.2 Å². The maximum absolute atomic E-state index is 12.8. The number of carbonyl (C=O) groups is 1. The van der Waals surface area contributed by atoms with Gasteiger partial charge in [0, 0.05) is 6.08 Å². The van der Waals surface area contributed by atoms with E-state index in [0.29, 0.717) is 40.9 Å². The van der Waals surface area contributed by atoms with Crippen LogP contribution in [0.3, 0.4) is 0 Å². The predicted octanol–water partition coefficient (Wildman–Crippen LogP) is 4.01. The summed E-state index contributed by atoms with van der Waals surface area (Å²) in [4.78, 5) is 11.8. The molecule has 0 saturated carbocycles. The lowest BCUT2D eigenvalue weighted by Crippen LogP contribution is -2.16. The molecule has 0 saturated heterocycles. The van der Waals surface area contributed by atoms with Gasteiger partial charge in [0.05, 0.1) is 5.02 Å². The van der Waals surface area contributed by atoms with E-state index in [1.165, 1.54) is 18.2 Å². The zero-order valence-electron chi connectivity index (χ0n) is 12.6. The van der Waals surface area contributed by atoms with E-state index in [-0.39, 0.29) is 12.4 Å². The largest absolute Gasteiger partial charge is 0.486 e. The molecular weight excluding hydrogens is 335 g/mol. The molecule has 0 bridgehead atoms. The lowest BCUT2D eigenvalue weighted by molar-refractivity contribution is -0.138. The molecule has 24 heavy (non-hydrogen) atoms. The molecule has 1 aliphatic heterocycles. The molecule has 0 fully saturated rings. The normalized spacial score (nSPS) is 13.1. The van der Waals surface area contributed by atoms with Crippen molar-refractivity contribution in [3.63, 3.8) is 0 Å². The van der Waals surface area contributed by atoms with Crippen molar-refractivity contribution in [2.75, 3.05) is 13.2 Å². The van der Waals surface area contributed by atoms with Crippen molar-refractivity contribution in [3.05, 3.63) is 64.4 Å². The Morgan fingerprint density at radius 3 is 2.75 bits per heavy atom. The Balaban J connectivity index is 1.60. The Morgan fingerprint density at radius 2 is 1.96 bits per heavy atom. The third-order valence-corrected chi connectivity index (χ3v) is 3.60. The molecule has 6 heteroatoms. The summed E-state index contributed by atoms with van der Waals surface area (Å²) in [6.07, 6.45) is 2.84. The third-order valence-electron chi connectivity index (χ3n) is 3.32. The van der Waals surface area contributed by atoms with E-state index in [4.69, 9.17) is 25.8 Å². The molecule has 0 N–H and O–H groups in total. The molecule has 0 atom stereocenters. The minimum Gasteiger partial charge on any atom is -0.486 e. The van der Waals surface area contributed by atoms with Crippen molar-refractivity contribution < 1.29 is 23.4 Å². The van der Waals surface area contributed by atoms with Gasteiger partial charge in [0.1, 0.15) is 25.6 Å². The number of hydrogen-bond acceptors (Lipinski definition) is 4. The van der Waals surface area contributed by atoms with Gasteiger partial charge in [-0.25, -0.2) is 9.18 Å². The Hall–Kier alpha value is -2.53. The highest BCUT2D eigenvalue weighted by atomic mass is 35.5. The van der Waals surface area contributed by atoms with Gasteiger partial charge >= 0.3 is 5.97 Å². The molecule has 4 nitrogen and oxygen atoms in total. The average molecular weight is 349 g/mol. The smallest absolute Gasteiger partial charge is 0.331 e. The van der Waals surface area contributed by atoms with E-state index < -0.39 is 5.97 Å². The van der Waals surface area contributed by atoms with Crippen LogP contribution in [0.1, 0.15) is 11.1 Å². The highest BCUT2D eigenvalue weighted by Crippen LogP contribution is 2.38. The van der Waals surface area contributed by atoms with E-state index in [1.807, 2.05) is 0 Å². The minimum atomic E-state index is -0.509. The fraction of sp³-hybridized carbons (Fsp3) is 0.167. The molecule has 2 aromatic carbocycles. The van der Waals surface area contributed by atoms with Gasteiger partial charge in [0.25, 0.3) is 0 Å². The first-order chi connectivity index (χ1) is 11.6. The zero-order valence-corrected chi connectivity index (χ0v) is 13.4. The summed E-state index contributed by atoms with van der Waals surface area (Å²) in [6.45, 7) is 0.963. The van der Waals surface area contributed by atoms with Crippen LogP contribution in [0.2, 0.25) is 5.02 Å². The molecule has 3 rings (SSSR count). The van der Waals surface area contributed by atoms with Crippen LogP contribution in [0.25, 0.3) is 6.08 Å². The van der Waals surface area contributed by atoms with Crippen LogP contribution >= 0.6 is 11.6 Å². The number of hydrogen-bond donors (Lipinski definition) is 0. The van der Waals surface area contributed by atoms with Gasteiger partial charge in [-0.1, -0.05) is 23.7 Å². The maximum atomic E-state index is 12.8. The molecule has 124 valence electrons. The lowest BCUT2D eigenvalue weighted by atomic mass is 10.2. The van der Waals surface area contributed by atoms with E-state index in [0.717, 1.165) is 0 Å². The van der Waals surface area contributed by atoms with Crippen molar-refractivity contribution >= 4 is 23.6 Å². The van der Waals surface area contributed by atoms with Gasteiger partial charge < -0.3 is 14.2 Å². The van der Waals surface area contributed by atoms with Crippen LogP contribution in [0.5, 0.6) is 11.5 Å². The topological polar surface area (TPSA) is 44.8 Å².